The summed E-state index contributed by atoms with van der Waals surface area (Å²) in [4.78, 5) is 17.8. The van der Waals surface area contributed by atoms with Crippen LogP contribution in [0.5, 0.6) is 5.75 Å². The Hall–Kier alpha value is -3.43. The molecule has 0 saturated heterocycles. The number of hydrogen-bond donors (Lipinski definition) is 0. The number of rotatable bonds is 5. The summed E-state index contributed by atoms with van der Waals surface area (Å²) in [5.41, 5.74) is 3.00. The van der Waals surface area contributed by atoms with Crippen molar-refractivity contribution in [1.82, 2.24) is 4.57 Å². The van der Waals surface area contributed by atoms with Crippen molar-refractivity contribution in [1.29, 1.82) is 0 Å². The van der Waals surface area contributed by atoms with Crippen LogP contribution in [0.25, 0.3) is 10.2 Å². The Morgan fingerprint density at radius 2 is 1.85 bits per heavy atom. The molecule has 0 atom stereocenters. The van der Waals surface area contributed by atoms with E-state index in [1.807, 2.05) is 61.0 Å². The molecule has 0 bridgehead atoms. The third-order valence-electron chi connectivity index (χ3n) is 5.82. The highest BCUT2D eigenvalue weighted by atomic mass is 32.2. The van der Waals surface area contributed by atoms with Crippen LogP contribution in [0.1, 0.15) is 22.8 Å². The molecular weight excluding hydrogens is 470 g/mol. The van der Waals surface area contributed by atoms with Crippen molar-refractivity contribution in [3.63, 3.8) is 0 Å². The van der Waals surface area contributed by atoms with Crippen molar-refractivity contribution in [3.8, 4) is 5.75 Å². The molecule has 7 nitrogen and oxygen atoms in total. The number of amides is 1. The number of ether oxygens (including phenoxy) is 1. The lowest BCUT2D eigenvalue weighted by Gasteiger charge is -2.19. The summed E-state index contributed by atoms with van der Waals surface area (Å²) >= 11 is 1.40. The van der Waals surface area contributed by atoms with E-state index in [-0.39, 0.29) is 4.90 Å². The molecule has 9 heteroatoms. The zero-order chi connectivity index (χ0) is 23.9. The maximum absolute atomic E-state index is 13.2. The van der Waals surface area contributed by atoms with E-state index in [4.69, 9.17) is 4.74 Å². The second kappa shape index (κ2) is 8.73. The quantitative estimate of drug-likeness (QED) is 0.419. The lowest BCUT2D eigenvalue weighted by Crippen LogP contribution is -2.29. The van der Waals surface area contributed by atoms with Gasteiger partial charge in [0.2, 0.25) is 0 Å². The molecule has 0 N–H and O–H groups in total. The van der Waals surface area contributed by atoms with Crippen LogP contribution in [0.15, 0.2) is 76.6 Å². The topological polar surface area (TPSA) is 81.0 Å². The lowest BCUT2D eigenvalue weighted by atomic mass is 10.2. The molecule has 174 valence electrons. The standard InChI is InChI=1S/C25H23N3O4S2/c1-3-32-19-10-13-22-23(16-19)33-25(27(22)2)26-24(29)18-8-11-20(12-9-18)34(30,31)28-15-14-17-6-4-5-7-21(17)28/h4-13,16H,3,14-15H2,1-2H3. The number of aromatic nitrogens is 1. The van der Waals surface area contributed by atoms with Crippen LogP contribution in [-0.4, -0.2) is 32.0 Å². The Balaban J connectivity index is 1.42. The second-order valence-electron chi connectivity index (χ2n) is 7.90. The van der Waals surface area contributed by atoms with Crippen LogP contribution < -0.4 is 13.8 Å². The first-order chi connectivity index (χ1) is 16.4. The van der Waals surface area contributed by atoms with Gasteiger partial charge >= 0.3 is 0 Å². The van der Waals surface area contributed by atoms with Crippen LogP contribution in [0, 0.1) is 0 Å². The summed E-state index contributed by atoms with van der Waals surface area (Å²) in [6.45, 7) is 2.92. The smallest absolute Gasteiger partial charge is 0.279 e. The molecule has 0 fully saturated rings. The Morgan fingerprint density at radius 3 is 2.62 bits per heavy atom. The predicted molar refractivity (Wildman–Crippen MR) is 133 cm³/mol. The van der Waals surface area contributed by atoms with E-state index in [0.29, 0.717) is 35.6 Å². The minimum atomic E-state index is -3.71. The monoisotopic (exact) mass is 493 g/mol. The molecule has 1 aliphatic rings. The molecule has 2 heterocycles. The number of anilines is 1. The molecule has 0 unspecified atom stereocenters. The molecule has 0 radical (unpaired) electrons. The average Bonchev–Trinajstić information content (AvgIpc) is 3.41. The predicted octanol–water partition coefficient (Wildman–Crippen LogP) is 4.13. The molecule has 1 aromatic heterocycles. The van der Waals surface area contributed by atoms with Gasteiger partial charge in [-0.05, 0) is 67.4 Å². The summed E-state index contributed by atoms with van der Waals surface area (Å²) in [7, 11) is -1.85. The fourth-order valence-electron chi connectivity index (χ4n) is 4.08. The Kier molecular flexibility index (Phi) is 5.75. The molecule has 1 amide bonds. The van der Waals surface area contributed by atoms with Crippen LogP contribution in [0.3, 0.4) is 0 Å². The van der Waals surface area contributed by atoms with Crippen LogP contribution in [0.4, 0.5) is 5.69 Å². The minimum absolute atomic E-state index is 0.150. The first-order valence-electron chi connectivity index (χ1n) is 10.9. The van der Waals surface area contributed by atoms with E-state index >= 15 is 0 Å². The van der Waals surface area contributed by atoms with Crippen molar-refractivity contribution < 1.29 is 17.9 Å². The number of carbonyl (C=O) groups is 1. The first kappa shape index (κ1) is 22.4. The van der Waals surface area contributed by atoms with E-state index in [1.54, 1.807) is 0 Å². The van der Waals surface area contributed by atoms with Crippen LogP contribution >= 0.6 is 11.3 Å². The van der Waals surface area contributed by atoms with E-state index in [9.17, 15) is 13.2 Å². The van der Waals surface area contributed by atoms with Crippen LogP contribution in [0.2, 0.25) is 0 Å². The molecule has 0 aliphatic carbocycles. The summed E-state index contributed by atoms with van der Waals surface area (Å²) in [6, 6.07) is 19.2. The number of sulfonamides is 1. The number of benzene rings is 3. The number of para-hydroxylation sites is 1. The summed E-state index contributed by atoms with van der Waals surface area (Å²) in [5, 5.41) is 0. The molecule has 0 saturated carbocycles. The highest BCUT2D eigenvalue weighted by Gasteiger charge is 2.30. The Morgan fingerprint density at radius 1 is 1.09 bits per heavy atom. The fourth-order valence-corrected chi connectivity index (χ4v) is 6.63. The normalized spacial score (nSPS) is 13.9. The van der Waals surface area contributed by atoms with Gasteiger partial charge in [-0.1, -0.05) is 29.5 Å². The molecule has 1 aliphatic heterocycles. The minimum Gasteiger partial charge on any atom is -0.494 e. The fraction of sp³-hybridized carbons (Fsp3) is 0.200. The molecular formula is C25H23N3O4S2. The third-order valence-corrected chi connectivity index (χ3v) is 8.74. The summed E-state index contributed by atoms with van der Waals surface area (Å²) in [5.74, 6) is 0.342. The first-order valence-corrected chi connectivity index (χ1v) is 13.2. The summed E-state index contributed by atoms with van der Waals surface area (Å²) in [6.07, 6.45) is 0.684. The largest absolute Gasteiger partial charge is 0.494 e. The van der Waals surface area contributed by atoms with Gasteiger partial charge in [0, 0.05) is 19.2 Å². The zero-order valence-electron chi connectivity index (χ0n) is 18.8. The molecule has 0 spiro atoms. The van der Waals surface area contributed by atoms with Crippen molar-refractivity contribution >= 4 is 43.2 Å². The van der Waals surface area contributed by atoms with Gasteiger partial charge in [0.05, 0.1) is 27.4 Å². The van der Waals surface area contributed by atoms with Gasteiger partial charge in [0.1, 0.15) is 5.75 Å². The molecule has 4 aromatic rings. The van der Waals surface area contributed by atoms with Crippen molar-refractivity contribution in [2.75, 3.05) is 17.5 Å². The van der Waals surface area contributed by atoms with Gasteiger partial charge < -0.3 is 9.30 Å². The Bertz CT molecular complexity index is 1570. The van der Waals surface area contributed by atoms with E-state index < -0.39 is 15.9 Å². The van der Waals surface area contributed by atoms with E-state index in [0.717, 1.165) is 21.5 Å². The number of nitrogens with zero attached hydrogens (tertiary/aromatic N) is 3. The number of thiazole rings is 1. The van der Waals surface area contributed by atoms with E-state index in [2.05, 4.69) is 4.99 Å². The number of hydrogen-bond acceptors (Lipinski definition) is 5. The van der Waals surface area contributed by atoms with Crippen molar-refractivity contribution in [2.24, 2.45) is 12.0 Å². The number of fused-ring (bicyclic) bond motifs is 2. The maximum atomic E-state index is 13.2. The maximum Gasteiger partial charge on any atom is 0.279 e. The van der Waals surface area contributed by atoms with Gasteiger partial charge in [-0.3, -0.25) is 9.10 Å². The molecule has 5 rings (SSSR count). The second-order valence-corrected chi connectivity index (χ2v) is 10.8. The number of carbonyl (C=O) groups excluding carboxylic acids is 1. The van der Waals surface area contributed by atoms with Gasteiger partial charge in [0.15, 0.2) is 4.80 Å². The SMILES string of the molecule is CCOc1ccc2c(c1)sc(=NC(=O)c1ccc(S(=O)(=O)N3CCc4ccccc43)cc1)n2C. The van der Waals surface area contributed by atoms with E-state index in [1.165, 1.54) is 39.9 Å². The Labute approximate surface area is 201 Å². The summed E-state index contributed by atoms with van der Waals surface area (Å²) < 4.78 is 36.2. The van der Waals surface area contributed by atoms with Gasteiger partial charge in [-0.25, -0.2) is 8.42 Å². The number of aryl methyl sites for hydroxylation is 1. The molecule has 34 heavy (non-hydrogen) atoms. The zero-order valence-corrected chi connectivity index (χ0v) is 20.4. The molecule has 3 aromatic carbocycles. The lowest BCUT2D eigenvalue weighted by molar-refractivity contribution is 0.0998. The third kappa shape index (κ3) is 3.91. The van der Waals surface area contributed by atoms with Crippen molar-refractivity contribution in [3.05, 3.63) is 82.7 Å². The highest BCUT2D eigenvalue weighted by molar-refractivity contribution is 7.92. The average molecular weight is 494 g/mol. The van der Waals surface area contributed by atoms with Gasteiger partial charge in [0.25, 0.3) is 15.9 Å². The highest BCUT2D eigenvalue weighted by Crippen LogP contribution is 2.32. The van der Waals surface area contributed by atoms with Crippen molar-refractivity contribution in [2.45, 2.75) is 18.2 Å². The van der Waals surface area contributed by atoms with Crippen LogP contribution in [-0.2, 0) is 23.5 Å². The van der Waals surface area contributed by atoms with Gasteiger partial charge in [-0.2, -0.15) is 4.99 Å². The van der Waals surface area contributed by atoms with Gasteiger partial charge in [-0.15, -0.1) is 0 Å².